The van der Waals surface area contributed by atoms with Crippen molar-refractivity contribution in [2.24, 2.45) is 5.73 Å². The smallest absolute Gasteiger partial charge is 0.241 e. The summed E-state index contributed by atoms with van der Waals surface area (Å²) in [5, 5.41) is 0. The molecule has 2 N–H and O–H groups in total. The van der Waals surface area contributed by atoms with Crippen LogP contribution in [0.5, 0.6) is 0 Å². The third-order valence-electron chi connectivity index (χ3n) is 3.10. The highest BCUT2D eigenvalue weighted by molar-refractivity contribution is 7.99. The van der Waals surface area contributed by atoms with Crippen molar-refractivity contribution < 1.29 is 4.79 Å². The van der Waals surface area contributed by atoms with E-state index in [-0.39, 0.29) is 5.91 Å². The van der Waals surface area contributed by atoms with Crippen molar-refractivity contribution in [3.05, 3.63) is 23.8 Å². The molecule has 0 heterocycles. The minimum absolute atomic E-state index is 0.0549. The van der Waals surface area contributed by atoms with Gasteiger partial charge in [0.05, 0.1) is 6.54 Å². The van der Waals surface area contributed by atoms with E-state index in [1.165, 1.54) is 0 Å². The summed E-state index contributed by atoms with van der Waals surface area (Å²) in [5.74, 6) is 1.00. The topological polar surface area (TPSA) is 49.6 Å². The molecule has 0 aliphatic carbocycles. The van der Waals surface area contributed by atoms with Crippen LogP contribution in [0.1, 0.15) is 19.4 Å². The number of amides is 1. The van der Waals surface area contributed by atoms with Gasteiger partial charge in [0.25, 0.3) is 0 Å². The highest BCUT2D eigenvalue weighted by atomic mass is 32.2. The predicted molar refractivity (Wildman–Crippen MR) is 95.3 cm³/mol. The van der Waals surface area contributed by atoms with Crippen LogP contribution in [0.15, 0.2) is 23.1 Å². The Bertz CT molecular complexity index is 518. The summed E-state index contributed by atoms with van der Waals surface area (Å²) in [6, 6.07) is 5.98. The molecule has 0 aromatic heterocycles. The number of carbonyl (C=O) groups is 1. The SMILES string of the molecule is CCSc1cccc(N(CC)CC(=O)N(C)C)c1C(N)=S. The number of anilines is 1. The van der Waals surface area contributed by atoms with Gasteiger partial charge in [0.15, 0.2) is 0 Å². The zero-order chi connectivity index (χ0) is 16.0. The predicted octanol–water partition coefficient (Wildman–Crippen LogP) is 2.35. The lowest BCUT2D eigenvalue weighted by Crippen LogP contribution is -2.37. The second-order valence-electron chi connectivity index (χ2n) is 4.75. The van der Waals surface area contributed by atoms with Gasteiger partial charge in [0.1, 0.15) is 4.99 Å². The number of hydrogen-bond donors (Lipinski definition) is 1. The number of likely N-dealkylation sites (N-methyl/N-ethyl adjacent to an activating group) is 2. The largest absolute Gasteiger partial charge is 0.389 e. The summed E-state index contributed by atoms with van der Waals surface area (Å²) in [7, 11) is 3.52. The molecule has 0 spiro atoms. The molecule has 0 aliphatic heterocycles. The quantitative estimate of drug-likeness (QED) is 0.616. The van der Waals surface area contributed by atoms with Gasteiger partial charge in [-0.2, -0.15) is 0 Å². The Balaban J connectivity index is 3.22. The standard InChI is InChI=1S/C15H23N3OS2/c1-5-18(10-13(19)17(3)4)11-8-7-9-12(21-6-2)14(11)15(16)20/h7-9H,5-6,10H2,1-4H3,(H2,16,20). The van der Waals surface area contributed by atoms with Crippen LogP contribution in [0, 0.1) is 0 Å². The molecule has 1 aromatic rings. The molecule has 1 amide bonds. The molecule has 0 bridgehead atoms. The monoisotopic (exact) mass is 325 g/mol. The van der Waals surface area contributed by atoms with Gasteiger partial charge in [-0.3, -0.25) is 4.79 Å². The van der Waals surface area contributed by atoms with Crippen molar-refractivity contribution in [2.75, 3.05) is 37.8 Å². The first-order valence-corrected chi connectivity index (χ1v) is 8.32. The minimum atomic E-state index is 0.0549. The van der Waals surface area contributed by atoms with Crippen molar-refractivity contribution in [1.29, 1.82) is 0 Å². The van der Waals surface area contributed by atoms with E-state index in [1.54, 1.807) is 30.8 Å². The third kappa shape index (κ3) is 4.61. The van der Waals surface area contributed by atoms with Crippen LogP contribution in [0.25, 0.3) is 0 Å². The van der Waals surface area contributed by atoms with Gasteiger partial charge in [-0.1, -0.05) is 25.2 Å². The van der Waals surface area contributed by atoms with Gasteiger partial charge < -0.3 is 15.5 Å². The zero-order valence-electron chi connectivity index (χ0n) is 13.0. The van der Waals surface area contributed by atoms with E-state index in [2.05, 4.69) is 6.92 Å². The van der Waals surface area contributed by atoms with Gasteiger partial charge in [0.2, 0.25) is 5.91 Å². The van der Waals surface area contributed by atoms with Crippen LogP contribution in [0.3, 0.4) is 0 Å². The van der Waals surface area contributed by atoms with Crippen LogP contribution in [-0.4, -0.2) is 48.7 Å². The average molecular weight is 326 g/mol. The lowest BCUT2D eigenvalue weighted by atomic mass is 10.1. The Morgan fingerprint density at radius 1 is 1.33 bits per heavy atom. The second kappa shape index (κ2) is 8.24. The van der Waals surface area contributed by atoms with E-state index >= 15 is 0 Å². The first-order chi connectivity index (χ1) is 9.92. The fraction of sp³-hybridized carbons (Fsp3) is 0.467. The Morgan fingerprint density at radius 2 is 2.00 bits per heavy atom. The van der Waals surface area contributed by atoms with Gasteiger partial charge in [-0.05, 0) is 24.8 Å². The van der Waals surface area contributed by atoms with E-state index in [9.17, 15) is 4.79 Å². The molecule has 0 saturated heterocycles. The Kier molecular flexibility index (Phi) is 6.98. The second-order valence-corrected chi connectivity index (χ2v) is 6.50. The lowest BCUT2D eigenvalue weighted by Gasteiger charge is -2.27. The minimum Gasteiger partial charge on any atom is -0.389 e. The Hall–Kier alpha value is -1.27. The summed E-state index contributed by atoms with van der Waals surface area (Å²) in [5.41, 5.74) is 7.72. The van der Waals surface area contributed by atoms with E-state index < -0.39 is 0 Å². The summed E-state index contributed by atoms with van der Waals surface area (Å²) in [6.07, 6.45) is 0. The van der Waals surface area contributed by atoms with Crippen molar-refractivity contribution in [3.63, 3.8) is 0 Å². The molecule has 21 heavy (non-hydrogen) atoms. The molecule has 1 aromatic carbocycles. The highest BCUT2D eigenvalue weighted by Crippen LogP contribution is 2.30. The molecule has 0 radical (unpaired) electrons. The molecule has 6 heteroatoms. The number of rotatable bonds is 7. The zero-order valence-corrected chi connectivity index (χ0v) is 14.7. The van der Waals surface area contributed by atoms with Gasteiger partial charge in [-0.25, -0.2) is 0 Å². The normalized spacial score (nSPS) is 10.3. The number of hydrogen-bond acceptors (Lipinski definition) is 4. The average Bonchev–Trinajstić information content (AvgIpc) is 2.44. The summed E-state index contributed by atoms with van der Waals surface area (Å²) in [4.78, 5) is 17.0. The van der Waals surface area contributed by atoms with Crippen LogP contribution < -0.4 is 10.6 Å². The summed E-state index contributed by atoms with van der Waals surface area (Å²) < 4.78 is 0. The Morgan fingerprint density at radius 3 is 2.48 bits per heavy atom. The van der Waals surface area contributed by atoms with E-state index in [1.807, 2.05) is 30.0 Å². The number of thiocarbonyl (C=S) groups is 1. The molecular weight excluding hydrogens is 302 g/mol. The summed E-state index contributed by atoms with van der Waals surface area (Å²) in [6.45, 7) is 5.15. The number of nitrogens with zero attached hydrogens (tertiary/aromatic N) is 2. The number of thioether (sulfide) groups is 1. The fourth-order valence-corrected chi connectivity index (χ4v) is 3.10. The third-order valence-corrected chi connectivity index (χ3v) is 4.24. The fourth-order valence-electron chi connectivity index (χ4n) is 1.98. The molecule has 1 rings (SSSR count). The van der Waals surface area contributed by atoms with Crippen LogP contribution in [0.4, 0.5) is 5.69 Å². The maximum absolute atomic E-state index is 12.0. The van der Waals surface area contributed by atoms with E-state index in [0.29, 0.717) is 11.5 Å². The van der Waals surface area contributed by atoms with Crippen molar-refractivity contribution in [3.8, 4) is 0 Å². The molecule has 0 unspecified atom stereocenters. The molecule has 0 fully saturated rings. The van der Waals surface area contributed by atoms with Crippen LogP contribution in [-0.2, 0) is 4.79 Å². The van der Waals surface area contributed by atoms with Crippen molar-refractivity contribution >= 4 is 40.6 Å². The first kappa shape index (κ1) is 17.8. The molecule has 0 aliphatic rings. The van der Waals surface area contributed by atoms with Gasteiger partial charge in [0, 0.05) is 36.8 Å². The Labute approximate surface area is 136 Å². The highest BCUT2D eigenvalue weighted by Gasteiger charge is 2.18. The maximum Gasteiger partial charge on any atom is 0.241 e. The molecular formula is C15H23N3OS2. The van der Waals surface area contributed by atoms with Gasteiger partial charge in [-0.15, -0.1) is 11.8 Å². The maximum atomic E-state index is 12.0. The summed E-state index contributed by atoms with van der Waals surface area (Å²) >= 11 is 6.93. The molecule has 116 valence electrons. The van der Waals surface area contributed by atoms with E-state index in [4.69, 9.17) is 18.0 Å². The van der Waals surface area contributed by atoms with Crippen molar-refractivity contribution in [1.82, 2.24) is 4.90 Å². The molecule has 4 nitrogen and oxygen atoms in total. The lowest BCUT2D eigenvalue weighted by molar-refractivity contribution is -0.127. The van der Waals surface area contributed by atoms with Crippen molar-refractivity contribution in [2.45, 2.75) is 18.7 Å². The van der Waals surface area contributed by atoms with Crippen LogP contribution in [0.2, 0.25) is 0 Å². The number of carbonyl (C=O) groups excluding carboxylic acids is 1. The molecule has 0 saturated carbocycles. The first-order valence-electron chi connectivity index (χ1n) is 6.93. The number of nitrogens with two attached hydrogens (primary N) is 1. The number of benzene rings is 1. The van der Waals surface area contributed by atoms with Gasteiger partial charge >= 0.3 is 0 Å². The molecule has 0 atom stereocenters. The van der Waals surface area contributed by atoms with E-state index in [0.717, 1.165) is 28.4 Å². The van der Waals surface area contributed by atoms with Crippen LogP contribution >= 0.6 is 24.0 Å².